The van der Waals surface area contributed by atoms with E-state index in [0.29, 0.717) is 11.6 Å². The van der Waals surface area contributed by atoms with Gasteiger partial charge >= 0.3 is 0 Å². The summed E-state index contributed by atoms with van der Waals surface area (Å²) in [6.07, 6.45) is 7.33. The lowest BCUT2D eigenvalue weighted by Crippen LogP contribution is -2.87. The number of sulfonamides is 1. The average molecular weight is 342 g/mol. The van der Waals surface area contributed by atoms with Crippen molar-refractivity contribution < 1.29 is 13.7 Å². The fourth-order valence-electron chi connectivity index (χ4n) is 3.49. The summed E-state index contributed by atoms with van der Waals surface area (Å²) in [4.78, 5) is 0.259. The van der Waals surface area contributed by atoms with E-state index in [0.717, 1.165) is 30.8 Å². The van der Waals surface area contributed by atoms with Crippen LogP contribution in [-0.2, 0) is 10.0 Å². The predicted molar refractivity (Wildman–Crippen MR) is 87.1 cm³/mol. The third-order valence-corrected chi connectivity index (χ3v) is 6.38. The van der Waals surface area contributed by atoms with Crippen LogP contribution >= 0.6 is 11.6 Å². The molecule has 3 rings (SSSR count). The van der Waals surface area contributed by atoms with Gasteiger partial charge in [0, 0.05) is 10.9 Å². The molecule has 6 heteroatoms. The van der Waals surface area contributed by atoms with E-state index in [1.165, 1.54) is 25.0 Å². The SMILES string of the molecule is O=S(=O)(NCC[NH2+]C[C@@H]1C[C@H]2C=C[C@H]1C2)c1ccc(Cl)cc1. The number of allylic oxidation sites excluding steroid dienone is 2. The van der Waals surface area contributed by atoms with Crippen LogP contribution in [0.2, 0.25) is 5.02 Å². The summed E-state index contributed by atoms with van der Waals surface area (Å²) in [7, 11) is -3.42. The van der Waals surface area contributed by atoms with E-state index in [4.69, 9.17) is 11.6 Å². The summed E-state index contributed by atoms with van der Waals surface area (Å²) in [5.74, 6) is 2.32. The fraction of sp³-hybridized carbons (Fsp3) is 0.500. The molecule has 4 nitrogen and oxygen atoms in total. The van der Waals surface area contributed by atoms with Crippen molar-refractivity contribution in [3.63, 3.8) is 0 Å². The highest BCUT2D eigenvalue weighted by molar-refractivity contribution is 7.89. The molecule has 1 aromatic carbocycles. The van der Waals surface area contributed by atoms with Gasteiger partial charge in [-0.3, -0.25) is 0 Å². The second-order valence-corrected chi connectivity index (χ2v) is 8.41. The maximum Gasteiger partial charge on any atom is 0.240 e. The molecule has 3 atom stereocenters. The van der Waals surface area contributed by atoms with Crippen LogP contribution in [0.4, 0.5) is 0 Å². The van der Waals surface area contributed by atoms with Gasteiger partial charge in [0.05, 0.1) is 24.5 Å². The first-order valence-corrected chi connectivity index (χ1v) is 9.66. The van der Waals surface area contributed by atoms with Crippen molar-refractivity contribution in [3.05, 3.63) is 41.4 Å². The number of benzene rings is 1. The van der Waals surface area contributed by atoms with E-state index in [-0.39, 0.29) is 4.90 Å². The summed E-state index contributed by atoms with van der Waals surface area (Å²) >= 11 is 5.77. The molecule has 120 valence electrons. The number of rotatable bonds is 7. The van der Waals surface area contributed by atoms with Gasteiger partial charge in [-0.2, -0.15) is 0 Å². The van der Waals surface area contributed by atoms with E-state index in [1.807, 2.05) is 0 Å². The van der Waals surface area contributed by atoms with E-state index >= 15 is 0 Å². The largest absolute Gasteiger partial charge is 0.345 e. The highest BCUT2D eigenvalue weighted by Crippen LogP contribution is 2.42. The lowest BCUT2D eigenvalue weighted by atomic mass is 9.94. The highest BCUT2D eigenvalue weighted by Gasteiger charge is 2.36. The lowest BCUT2D eigenvalue weighted by molar-refractivity contribution is -0.659. The zero-order chi connectivity index (χ0) is 15.6. The molecule has 0 aliphatic heterocycles. The molecule has 0 spiro atoms. The minimum atomic E-state index is -3.42. The Morgan fingerprint density at radius 2 is 1.95 bits per heavy atom. The van der Waals surface area contributed by atoms with Gasteiger partial charge in [-0.15, -0.1) is 0 Å². The zero-order valence-electron chi connectivity index (χ0n) is 12.4. The maximum atomic E-state index is 12.1. The topological polar surface area (TPSA) is 62.8 Å². The Kier molecular flexibility index (Phi) is 4.88. The van der Waals surface area contributed by atoms with Crippen molar-refractivity contribution >= 4 is 21.6 Å². The number of nitrogens with one attached hydrogen (secondary N) is 1. The quantitative estimate of drug-likeness (QED) is 0.581. The molecular weight excluding hydrogens is 320 g/mol. The molecule has 2 aliphatic rings. The van der Waals surface area contributed by atoms with Crippen molar-refractivity contribution in [1.82, 2.24) is 4.72 Å². The minimum Gasteiger partial charge on any atom is -0.345 e. The Morgan fingerprint density at radius 1 is 1.18 bits per heavy atom. The van der Waals surface area contributed by atoms with Gasteiger partial charge in [-0.25, -0.2) is 13.1 Å². The Bertz CT molecular complexity index is 643. The molecule has 2 bridgehead atoms. The van der Waals surface area contributed by atoms with E-state index < -0.39 is 10.0 Å². The Balaban J connectivity index is 1.39. The van der Waals surface area contributed by atoms with Gasteiger partial charge < -0.3 is 5.32 Å². The van der Waals surface area contributed by atoms with Gasteiger partial charge in [0.2, 0.25) is 10.0 Å². The van der Waals surface area contributed by atoms with Crippen LogP contribution in [0.3, 0.4) is 0 Å². The summed E-state index contributed by atoms with van der Waals surface area (Å²) in [5, 5.41) is 2.76. The molecule has 0 radical (unpaired) electrons. The molecule has 3 N–H and O–H groups in total. The molecule has 0 aromatic heterocycles. The molecule has 1 fully saturated rings. The summed E-state index contributed by atoms with van der Waals surface area (Å²) < 4.78 is 26.8. The predicted octanol–water partition coefficient (Wildman–Crippen LogP) is 1.39. The van der Waals surface area contributed by atoms with Gasteiger partial charge in [0.25, 0.3) is 0 Å². The molecule has 1 saturated carbocycles. The van der Waals surface area contributed by atoms with Crippen LogP contribution < -0.4 is 10.0 Å². The fourth-order valence-corrected chi connectivity index (χ4v) is 4.66. The molecule has 1 aromatic rings. The zero-order valence-corrected chi connectivity index (χ0v) is 14.0. The molecule has 0 amide bonds. The van der Waals surface area contributed by atoms with Crippen molar-refractivity contribution in [1.29, 1.82) is 0 Å². The molecule has 2 aliphatic carbocycles. The molecule has 0 saturated heterocycles. The summed E-state index contributed by atoms with van der Waals surface area (Å²) in [5.41, 5.74) is 0. The standard InChI is InChI=1S/C16H21ClN2O2S/c17-15-3-5-16(6-4-15)22(20,21)19-8-7-18-11-14-10-12-1-2-13(14)9-12/h1-6,12-14,18-19H,7-11H2/p+1/t12-,13-,14-/m0/s1. The van der Waals surface area contributed by atoms with Crippen LogP contribution in [-0.4, -0.2) is 28.1 Å². The minimum absolute atomic E-state index is 0.259. The van der Waals surface area contributed by atoms with Gasteiger partial charge in [0.15, 0.2) is 0 Å². The van der Waals surface area contributed by atoms with E-state index in [2.05, 4.69) is 22.2 Å². The highest BCUT2D eigenvalue weighted by atomic mass is 35.5. The molecule has 0 heterocycles. The lowest BCUT2D eigenvalue weighted by Gasteiger charge is -2.16. The number of halogens is 1. The second kappa shape index (κ2) is 6.71. The van der Waals surface area contributed by atoms with E-state index in [9.17, 15) is 8.42 Å². The molecule has 0 unspecified atom stereocenters. The number of fused-ring (bicyclic) bond motifs is 2. The number of nitrogens with two attached hydrogens (primary N) is 1. The number of hydrogen-bond acceptors (Lipinski definition) is 2. The second-order valence-electron chi connectivity index (χ2n) is 6.21. The van der Waals surface area contributed by atoms with Crippen molar-refractivity contribution in [3.8, 4) is 0 Å². The first-order valence-electron chi connectivity index (χ1n) is 7.80. The first kappa shape index (κ1) is 16.0. The van der Waals surface area contributed by atoms with Gasteiger partial charge in [-0.1, -0.05) is 23.8 Å². The summed E-state index contributed by atoms with van der Waals surface area (Å²) in [6, 6.07) is 6.22. The van der Waals surface area contributed by atoms with Gasteiger partial charge in [0.1, 0.15) is 0 Å². The molecular formula is C16H22ClN2O2S+. The smallest absolute Gasteiger partial charge is 0.240 e. The van der Waals surface area contributed by atoms with Crippen molar-refractivity contribution in [2.45, 2.75) is 17.7 Å². The average Bonchev–Trinajstić information content (AvgIpc) is 3.10. The van der Waals surface area contributed by atoms with Crippen LogP contribution in [0.1, 0.15) is 12.8 Å². The van der Waals surface area contributed by atoms with Crippen molar-refractivity contribution in [2.24, 2.45) is 17.8 Å². The third kappa shape index (κ3) is 3.71. The van der Waals surface area contributed by atoms with Crippen LogP contribution in [0, 0.1) is 17.8 Å². The maximum absolute atomic E-state index is 12.1. The summed E-state index contributed by atoms with van der Waals surface area (Å²) in [6.45, 7) is 2.31. The van der Waals surface area contributed by atoms with Gasteiger partial charge in [-0.05, 0) is 48.9 Å². The van der Waals surface area contributed by atoms with E-state index in [1.54, 1.807) is 12.1 Å². The third-order valence-electron chi connectivity index (χ3n) is 4.65. The van der Waals surface area contributed by atoms with Crippen LogP contribution in [0.5, 0.6) is 0 Å². The van der Waals surface area contributed by atoms with Crippen molar-refractivity contribution in [2.75, 3.05) is 19.6 Å². The first-order chi connectivity index (χ1) is 10.5. The van der Waals surface area contributed by atoms with Crippen LogP contribution in [0.25, 0.3) is 0 Å². The number of hydrogen-bond donors (Lipinski definition) is 2. The Hall–Kier alpha value is -0.880. The Labute approximate surface area is 137 Å². The molecule has 22 heavy (non-hydrogen) atoms. The number of quaternary nitrogens is 1. The monoisotopic (exact) mass is 341 g/mol. The normalized spacial score (nSPS) is 26.7. The van der Waals surface area contributed by atoms with Crippen LogP contribution in [0.15, 0.2) is 41.3 Å². The Morgan fingerprint density at radius 3 is 2.59 bits per heavy atom.